The van der Waals surface area contributed by atoms with Gasteiger partial charge in [0.1, 0.15) is 6.04 Å². The lowest BCUT2D eigenvalue weighted by atomic mass is 11.0. The molecular weight excluding hydrogens is 255 g/mol. The normalized spacial score (nSPS) is 11.8. The molecule has 0 aromatic carbocycles. The van der Waals surface area contributed by atoms with Crippen molar-refractivity contribution in [3.05, 3.63) is 37.2 Å². The number of nitrogens with zero attached hydrogens (tertiary/aromatic N) is 3. The van der Waals surface area contributed by atoms with E-state index in [1.165, 1.54) is 0 Å². The Kier molecular flexibility index (Phi) is 2.42. The first kappa shape index (κ1) is 10.4. The van der Waals surface area contributed by atoms with Gasteiger partial charge in [-0.05, 0) is 0 Å². The zero-order valence-electron chi connectivity index (χ0n) is 8.66. The van der Waals surface area contributed by atoms with Gasteiger partial charge in [-0.15, -0.1) is 0 Å². The van der Waals surface area contributed by atoms with E-state index < -0.39 is 6.04 Å². The summed E-state index contributed by atoms with van der Waals surface area (Å²) in [6.45, 7) is 0. The zero-order chi connectivity index (χ0) is 11.7. The van der Waals surface area contributed by atoms with Crippen molar-refractivity contribution in [3.8, 4) is 0 Å². The number of aromatic amines is 3. The number of H-pyrrole nitrogens is 3. The summed E-state index contributed by atoms with van der Waals surface area (Å²) in [5.41, 5.74) is 2.16. The Hall–Kier alpha value is -1.72. The molecule has 0 unspecified atom stereocenters. The van der Waals surface area contributed by atoms with Gasteiger partial charge in [-0.1, -0.05) is 11.8 Å². The van der Waals surface area contributed by atoms with Crippen LogP contribution in [-0.4, -0.2) is 29.9 Å². The fraction of sp³-hybridized carbons (Fsp3) is 0. The van der Waals surface area contributed by atoms with Crippen LogP contribution in [0.3, 0.4) is 0 Å². The Morgan fingerprint density at radius 1 is 0.765 bits per heavy atom. The van der Waals surface area contributed by atoms with E-state index in [1.807, 2.05) is 0 Å². The van der Waals surface area contributed by atoms with Gasteiger partial charge in [0.2, 0.25) is 0 Å². The molecule has 3 N–H and O–H groups in total. The number of hydrogen-bond acceptors (Lipinski definition) is 4. The second-order valence-corrected chi connectivity index (χ2v) is 7.48. The van der Waals surface area contributed by atoms with E-state index in [2.05, 4.69) is 29.9 Å². The number of rotatable bonds is 3. The molecule has 0 aliphatic carbocycles. The number of nitrogens with one attached hydrogen (secondary N) is 3. The Bertz CT molecular complexity index is 536. The molecular formula is C9H9N6PS. The maximum Gasteiger partial charge on any atom is 0.153 e. The van der Waals surface area contributed by atoms with E-state index >= 15 is 0 Å². The van der Waals surface area contributed by atoms with Gasteiger partial charge in [0.15, 0.2) is 16.7 Å². The number of imidazole rings is 3. The largest absolute Gasteiger partial charge is 0.344 e. The summed E-state index contributed by atoms with van der Waals surface area (Å²) in [5.74, 6) is 0. The standard InChI is InChI=1S/C9H9N6PS/c17-16(7-10-1-2-11-7,8-12-3-4-13-8)9-14-5-6-15-9/h1-6H,(H,10,11)(H,12,13)(H,14,15). The molecule has 6 nitrogen and oxygen atoms in total. The van der Waals surface area contributed by atoms with E-state index in [1.54, 1.807) is 37.2 Å². The minimum Gasteiger partial charge on any atom is -0.344 e. The van der Waals surface area contributed by atoms with Gasteiger partial charge in [-0.2, -0.15) is 0 Å². The molecule has 0 spiro atoms. The summed E-state index contributed by atoms with van der Waals surface area (Å²) in [4.78, 5) is 22.0. The summed E-state index contributed by atoms with van der Waals surface area (Å²) in [5, 5.41) is 0. The molecule has 0 amide bonds. The lowest BCUT2D eigenvalue weighted by molar-refractivity contribution is 1.35. The first-order valence-corrected chi connectivity index (χ1v) is 7.72. The van der Waals surface area contributed by atoms with E-state index in [-0.39, 0.29) is 0 Å². The van der Waals surface area contributed by atoms with E-state index in [4.69, 9.17) is 11.8 Å². The lowest BCUT2D eigenvalue weighted by Crippen LogP contribution is -2.31. The van der Waals surface area contributed by atoms with Gasteiger partial charge in [-0.25, -0.2) is 15.0 Å². The quantitative estimate of drug-likeness (QED) is 0.562. The molecule has 3 aromatic heterocycles. The van der Waals surface area contributed by atoms with Crippen molar-refractivity contribution in [1.29, 1.82) is 0 Å². The van der Waals surface area contributed by atoms with Crippen molar-refractivity contribution in [3.63, 3.8) is 0 Å². The van der Waals surface area contributed by atoms with Crippen LogP contribution in [0.1, 0.15) is 0 Å². The Morgan fingerprint density at radius 3 is 1.35 bits per heavy atom. The second kappa shape index (κ2) is 3.94. The molecule has 0 aliphatic heterocycles. The first-order chi connectivity index (χ1) is 8.32. The number of hydrogen-bond donors (Lipinski definition) is 3. The molecule has 86 valence electrons. The van der Waals surface area contributed by atoms with Gasteiger partial charge in [0.25, 0.3) is 0 Å². The lowest BCUT2D eigenvalue weighted by Gasteiger charge is -2.14. The van der Waals surface area contributed by atoms with Crippen LogP contribution in [0.2, 0.25) is 0 Å². The van der Waals surface area contributed by atoms with Crippen LogP contribution in [0.4, 0.5) is 0 Å². The van der Waals surface area contributed by atoms with Crippen LogP contribution in [0.25, 0.3) is 0 Å². The molecule has 3 heterocycles. The fourth-order valence-corrected chi connectivity index (χ4v) is 4.55. The van der Waals surface area contributed by atoms with E-state index in [0.717, 1.165) is 16.7 Å². The molecule has 8 heteroatoms. The fourth-order valence-electron chi connectivity index (χ4n) is 1.59. The first-order valence-electron chi connectivity index (χ1n) is 4.91. The molecule has 0 atom stereocenters. The highest BCUT2D eigenvalue weighted by atomic mass is 32.4. The molecule has 17 heavy (non-hydrogen) atoms. The average Bonchev–Trinajstić information content (AvgIpc) is 3.10. The van der Waals surface area contributed by atoms with E-state index in [0.29, 0.717) is 0 Å². The van der Waals surface area contributed by atoms with Crippen molar-refractivity contribution in [2.45, 2.75) is 0 Å². The Balaban J connectivity index is 2.26. The summed E-state index contributed by atoms with van der Waals surface area (Å²) in [6, 6.07) is -2.30. The molecule has 0 aliphatic rings. The number of aromatic nitrogens is 6. The maximum absolute atomic E-state index is 5.79. The highest BCUT2D eigenvalue weighted by Gasteiger charge is 2.32. The van der Waals surface area contributed by atoms with Crippen LogP contribution in [-0.2, 0) is 11.8 Å². The third kappa shape index (κ3) is 1.55. The van der Waals surface area contributed by atoms with Crippen molar-refractivity contribution in [2.75, 3.05) is 0 Å². The van der Waals surface area contributed by atoms with Crippen molar-refractivity contribution in [2.24, 2.45) is 0 Å². The molecule has 0 saturated heterocycles. The molecule has 0 bridgehead atoms. The Labute approximate surface area is 102 Å². The Morgan fingerprint density at radius 2 is 1.12 bits per heavy atom. The summed E-state index contributed by atoms with van der Waals surface area (Å²) < 4.78 is 0. The predicted octanol–water partition coefficient (Wildman–Crippen LogP) is -0.388. The van der Waals surface area contributed by atoms with Gasteiger partial charge in [-0.3, -0.25) is 0 Å². The third-order valence-electron chi connectivity index (χ3n) is 2.35. The minimum absolute atomic E-state index is 0.720. The summed E-state index contributed by atoms with van der Waals surface area (Å²) in [6.07, 6.45) is 10.3. The van der Waals surface area contributed by atoms with Crippen LogP contribution < -0.4 is 16.7 Å². The monoisotopic (exact) mass is 264 g/mol. The molecule has 3 aromatic rings. The average molecular weight is 264 g/mol. The van der Waals surface area contributed by atoms with Crippen molar-refractivity contribution in [1.82, 2.24) is 29.9 Å². The van der Waals surface area contributed by atoms with Crippen molar-refractivity contribution < 1.29 is 0 Å². The highest BCUT2D eigenvalue weighted by Crippen LogP contribution is 2.38. The maximum atomic E-state index is 5.79. The second-order valence-electron chi connectivity index (χ2n) is 3.35. The van der Waals surface area contributed by atoms with Crippen molar-refractivity contribution >= 4 is 34.5 Å². The summed E-state index contributed by atoms with van der Waals surface area (Å²) in [7, 11) is 0. The summed E-state index contributed by atoms with van der Waals surface area (Å²) >= 11 is 5.79. The molecule has 0 saturated carbocycles. The van der Waals surface area contributed by atoms with Gasteiger partial charge in [0.05, 0.1) is 0 Å². The van der Waals surface area contributed by atoms with Gasteiger partial charge in [0, 0.05) is 37.2 Å². The van der Waals surface area contributed by atoms with Crippen LogP contribution in [0, 0.1) is 0 Å². The van der Waals surface area contributed by atoms with Crippen LogP contribution in [0.15, 0.2) is 37.2 Å². The third-order valence-corrected chi connectivity index (χ3v) is 6.43. The predicted molar refractivity (Wildman–Crippen MR) is 69.0 cm³/mol. The SMILES string of the molecule is S=P(c1ncc[nH]1)(c1ncc[nH]1)c1ncc[nH]1. The van der Waals surface area contributed by atoms with E-state index in [9.17, 15) is 0 Å². The topological polar surface area (TPSA) is 86.0 Å². The highest BCUT2D eigenvalue weighted by molar-refractivity contribution is 8.25. The molecule has 0 fully saturated rings. The molecule has 3 rings (SSSR count). The van der Waals surface area contributed by atoms with Gasteiger partial charge >= 0.3 is 0 Å². The smallest absolute Gasteiger partial charge is 0.153 e. The van der Waals surface area contributed by atoms with Gasteiger partial charge < -0.3 is 15.0 Å². The minimum atomic E-state index is -2.30. The van der Waals surface area contributed by atoms with Crippen LogP contribution >= 0.6 is 6.04 Å². The van der Waals surface area contributed by atoms with Crippen LogP contribution in [0.5, 0.6) is 0 Å². The zero-order valence-corrected chi connectivity index (χ0v) is 10.4. The molecule has 0 radical (unpaired) electrons.